The van der Waals surface area contributed by atoms with Crippen molar-refractivity contribution >= 4 is 17.3 Å². The molecule has 3 rings (SSSR count). The van der Waals surface area contributed by atoms with E-state index < -0.39 is 22.8 Å². The average Bonchev–Trinajstić information content (AvgIpc) is 3.18. The summed E-state index contributed by atoms with van der Waals surface area (Å²) in [5, 5.41) is 21.5. The van der Waals surface area contributed by atoms with E-state index in [0.717, 1.165) is 6.07 Å². The SMILES string of the molecule is CNc1ccc(C(=O)O[C@@H](C)c2nnc(-c3ccc(F)cc3)o2)cc1[N+](=O)[O-]. The van der Waals surface area contributed by atoms with E-state index in [-0.39, 0.29) is 28.7 Å². The molecule has 0 aliphatic rings. The van der Waals surface area contributed by atoms with Crippen molar-refractivity contribution in [2.45, 2.75) is 13.0 Å². The molecule has 0 bridgehead atoms. The van der Waals surface area contributed by atoms with Gasteiger partial charge in [-0.2, -0.15) is 0 Å². The van der Waals surface area contributed by atoms with Crippen molar-refractivity contribution in [3.8, 4) is 11.5 Å². The van der Waals surface area contributed by atoms with Gasteiger partial charge < -0.3 is 14.5 Å². The van der Waals surface area contributed by atoms with Crippen molar-refractivity contribution in [3.05, 3.63) is 69.9 Å². The van der Waals surface area contributed by atoms with Crippen molar-refractivity contribution in [2.75, 3.05) is 12.4 Å². The summed E-state index contributed by atoms with van der Waals surface area (Å²) in [7, 11) is 1.54. The predicted molar refractivity (Wildman–Crippen MR) is 96.2 cm³/mol. The van der Waals surface area contributed by atoms with Crippen LogP contribution in [0, 0.1) is 15.9 Å². The van der Waals surface area contributed by atoms with Crippen LogP contribution in [0.25, 0.3) is 11.5 Å². The molecule has 0 amide bonds. The summed E-state index contributed by atoms with van der Waals surface area (Å²) in [4.78, 5) is 22.8. The van der Waals surface area contributed by atoms with Gasteiger partial charge in [0.2, 0.25) is 5.89 Å². The molecule has 1 N–H and O–H groups in total. The van der Waals surface area contributed by atoms with Crippen LogP contribution in [0.3, 0.4) is 0 Å². The summed E-state index contributed by atoms with van der Waals surface area (Å²) >= 11 is 0. The van der Waals surface area contributed by atoms with Crippen LogP contribution in [-0.2, 0) is 4.74 Å². The van der Waals surface area contributed by atoms with Crippen LogP contribution >= 0.6 is 0 Å². The van der Waals surface area contributed by atoms with Crippen molar-refractivity contribution in [1.82, 2.24) is 10.2 Å². The van der Waals surface area contributed by atoms with Gasteiger partial charge in [0.1, 0.15) is 11.5 Å². The third kappa shape index (κ3) is 3.95. The zero-order valence-corrected chi connectivity index (χ0v) is 14.9. The van der Waals surface area contributed by atoms with Crippen LogP contribution in [0.1, 0.15) is 29.3 Å². The Bertz CT molecular complexity index is 1020. The molecular formula is C18H15FN4O5. The molecule has 0 unspecified atom stereocenters. The molecule has 3 aromatic rings. The number of ether oxygens (including phenoxy) is 1. The predicted octanol–water partition coefficient (Wildman–Crippen LogP) is 3.74. The number of hydrogen-bond acceptors (Lipinski definition) is 8. The lowest BCUT2D eigenvalue weighted by Crippen LogP contribution is -2.10. The van der Waals surface area contributed by atoms with E-state index >= 15 is 0 Å². The number of rotatable bonds is 6. The van der Waals surface area contributed by atoms with E-state index in [9.17, 15) is 19.3 Å². The molecule has 144 valence electrons. The summed E-state index contributed by atoms with van der Waals surface area (Å²) in [6, 6.07) is 9.41. The Labute approximate surface area is 158 Å². The third-order valence-corrected chi connectivity index (χ3v) is 3.86. The molecule has 1 atom stereocenters. The van der Waals surface area contributed by atoms with Gasteiger partial charge in [-0.25, -0.2) is 9.18 Å². The average molecular weight is 386 g/mol. The number of nitro groups is 1. The lowest BCUT2D eigenvalue weighted by molar-refractivity contribution is -0.384. The Morgan fingerprint density at radius 1 is 1.25 bits per heavy atom. The molecule has 9 nitrogen and oxygen atoms in total. The smallest absolute Gasteiger partial charge is 0.339 e. The minimum Gasteiger partial charge on any atom is -0.449 e. The van der Waals surface area contributed by atoms with Gasteiger partial charge >= 0.3 is 5.97 Å². The van der Waals surface area contributed by atoms with Crippen LogP contribution < -0.4 is 5.32 Å². The van der Waals surface area contributed by atoms with E-state index in [1.807, 2.05) is 0 Å². The van der Waals surface area contributed by atoms with Crippen molar-refractivity contribution in [2.24, 2.45) is 0 Å². The summed E-state index contributed by atoms with van der Waals surface area (Å²) in [6.07, 6.45) is -0.891. The topological polar surface area (TPSA) is 120 Å². The standard InChI is InChI=1S/C18H15FN4O5/c1-10(16-21-22-17(28-16)11-3-6-13(19)7-4-11)27-18(24)12-5-8-14(20-2)15(9-12)23(25)26/h3-10,20H,1-2H3/t10-/m0/s1. The van der Waals surface area contributed by atoms with E-state index in [2.05, 4.69) is 15.5 Å². The quantitative estimate of drug-likeness (QED) is 0.386. The van der Waals surface area contributed by atoms with Crippen LogP contribution in [0.5, 0.6) is 0 Å². The first-order valence-corrected chi connectivity index (χ1v) is 8.15. The first-order chi connectivity index (χ1) is 13.4. The number of carbonyl (C=O) groups is 1. The van der Waals surface area contributed by atoms with Gasteiger partial charge in [-0.05, 0) is 43.3 Å². The first kappa shape index (κ1) is 19.0. The number of hydrogen-bond donors (Lipinski definition) is 1. The Hall–Kier alpha value is -3.82. The Balaban J connectivity index is 1.75. The Kier molecular flexibility index (Phi) is 5.30. The second-order valence-electron chi connectivity index (χ2n) is 5.74. The monoisotopic (exact) mass is 386 g/mol. The van der Waals surface area contributed by atoms with E-state index in [1.54, 1.807) is 0 Å². The van der Waals surface area contributed by atoms with Crippen LogP contribution in [-0.4, -0.2) is 28.1 Å². The molecule has 0 aliphatic carbocycles. The largest absolute Gasteiger partial charge is 0.449 e. The Morgan fingerprint density at radius 2 is 1.96 bits per heavy atom. The lowest BCUT2D eigenvalue weighted by atomic mass is 10.1. The molecule has 0 aliphatic heterocycles. The van der Waals surface area contributed by atoms with Crippen molar-refractivity contribution in [1.29, 1.82) is 0 Å². The molecule has 0 radical (unpaired) electrons. The number of halogens is 1. The van der Waals surface area contributed by atoms with Crippen LogP contribution in [0.4, 0.5) is 15.8 Å². The molecule has 1 aromatic heterocycles. The van der Waals surface area contributed by atoms with E-state index in [1.165, 1.54) is 50.4 Å². The number of aromatic nitrogens is 2. The maximum absolute atomic E-state index is 13.0. The molecule has 0 saturated carbocycles. The minimum atomic E-state index is -0.891. The normalized spacial score (nSPS) is 11.7. The molecule has 0 saturated heterocycles. The minimum absolute atomic E-state index is 0.0100. The summed E-state index contributed by atoms with van der Waals surface area (Å²) in [5.74, 6) is -0.995. The van der Waals surface area contributed by atoms with Crippen molar-refractivity contribution in [3.63, 3.8) is 0 Å². The van der Waals surface area contributed by atoms with Crippen molar-refractivity contribution < 1.29 is 23.3 Å². The molecular weight excluding hydrogens is 371 g/mol. The molecule has 1 heterocycles. The molecule has 10 heteroatoms. The molecule has 28 heavy (non-hydrogen) atoms. The van der Waals surface area contributed by atoms with Crippen LogP contribution in [0.15, 0.2) is 46.9 Å². The highest BCUT2D eigenvalue weighted by atomic mass is 19.1. The second kappa shape index (κ2) is 7.82. The lowest BCUT2D eigenvalue weighted by Gasteiger charge is -2.10. The fraction of sp³-hybridized carbons (Fsp3) is 0.167. The zero-order chi connectivity index (χ0) is 20.3. The zero-order valence-electron chi connectivity index (χ0n) is 14.9. The van der Waals surface area contributed by atoms with Gasteiger partial charge in [0, 0.05) is 18.7 Å². The number of nitrogens with zero attached hydrogens (tertiary/aromatic N) is 3. The summed E-state index contributed by atoms with van der Waals surface area (Å²) in [5.41, 5.74) is 0.546. The Morgan fingerprint density at radius 3 is 2.61 bits per heavy atom. The highest BCUT2D eigenvalue weighted by molar-refractivity contribution is 5.91. The van der Waals surface area contributed by atoms with Gasteiger partial charge in [0.15, 0.2) is 6.10 Å². The van der Waals surface area contributed by atoms with Gasteiger partial charge in [-0.3, -0.25) is 10.1 Å². The number of carbonyl (C=O) groups excluding carboxylic acids is 1. The van der Waals surface area contributed by atoms with Gasteiger partial charge in [0.05, 0.1) is 10.5 Å². The van der Waals surface area contributed by atoms with Gasteiger partial charge in [-0.15, -0.1) is 10.2 Å². The van der Waals surface area contributed by atoms with E-state index in [0.29, 0.717) is 5.56 Å². The number of anilines is 1. The molecule has 0 fully saturated rings. The third-order valence-electron chi connectivity index (χ3n) is 3.86. The highest BCUT2D eigenvalue weighted by Gasteiger charge is 2.22. The highest BCUT2D eigenvalue weighted by Crippen LogP contribution is 2.27. The van der Waals surface area contributed by atoms with Gasteiger partial charge in [-0.1, -0.05) is 0 Å². The second-order valence-corrected chi connectivity index (χ2v) is 5.74. The molecule has 2 aromatic carbocycles. The number of nitrogens with one attached hydrogen (secondary N) is 1. The first-order valence-electron chi connectivity index (χ1n) is 8.15. The molecule has 0 spiro atoms. The maximum atomic E-state index is 13.0. The summed E-state index contributed by atoms with van der Waals surface area (Å²) < 4.78 is 23.7. The number of nitro benzene ring substituents is 1. The fourth-order valence-electron chi connectivity index (χ4n) is 2.41. The maximum Gasteiger partial charge on any atom is 0.339 e. The van der Waals surface area contributed by atoms with E-state index in [4.69, 9.17) is 9.15 Å². The summed E-state index contributed by atoms with van der Waals surface area (Å²) in [6.45, 7) is 1.52. The number of benzene rings is 2. The van der Waals surface area contributed by atoms with Crippen LogP contribution in [0.2, 0.25) is 0 Å². The number of esters is 1. The van der Waals surface area contributed by atoms with Gasteiger partial charge in [0.25, 0.3) is 11.6 Å². The fourth-order valence-corrected chi connectivity index (χ4v) is 2.41.